The van der Waals surface area contributed by atoms with Crippen molar-refractivity contribution in [2.75, 3.05) is 7.11 Å². The van der Waals surface area contributed by atoms with E-state index < -0.39 is 0 Å². The van der Waals surface area contributed by atoms with Crippen LogP contribution in [0.15, 0.2) is 36.4 Å². The van der Waals surface area contributed by atoms with Gasteiger partial charge in [0.25, 0.3) is 0 Å². The summed E-state index contributed by atoms with van der Waals surface area (Å²) in [5.41, 5.74) is 6.19. The number of benzene rings is 2. The maximum Gasteiger partial charge on any atom is 0.337 e. The lowest BCUT2D eigenvalue weighted by Crippen LogP contribution is -2.34. The van der Waals surface area contributed by atoms with E-state index in [1.165, 1.54) is 36.6 Å². The molecule has 2 aromatic carbocycles. The zero-order valence-corrected chi connectivity index (χ0v) is 17.8. The summed E-state index contributed by atoms with van der Waals surface area (Å²) in [5, 5.41) is 0. The molecule has 0 aromatic heterocycles. The molecule has 0 N–H and O–H groups in total. The van der Waals surface area contributed by atoms with Gasteiger partial charge < -0.3 is 9.47 Å². The Kier molecular flexibility index (Phi) is 4.33. The molecule has 0 bridgehead atoms. The highest BCUT2D eigenvalue weighted by Gasteiger charge is 2.39. The van der Waals surface area contributed by atoms with Crippen molar-refractivity contribution in [3.8, 4) is 5.75 Å². The first-order valence-corrected chi connectivity index (χ1v) is 10.2. The number of carbonyl (C=O) groups excluding carboxylic acids is 1. The Morgan fingerprint density at radius 1 is 1.00 bits per heavy atom. The Bertz CT molecular complexity index is 939. The molecule has 0 amide bonds. The van der Waals surface area contributed by atoms with E-state index in [9.17, 15) is 4.79 Å². The largest absolute Gasteiger partial charge is 0.489 e. The molecule has 0 fully saturated rings. The van der Waals surface area contributed by atoms with Gasteiger partial charge in [-0.1, -0.05) is 45.9 Å². The average Bonchev–Trinajstić information content (AvgIpc) is 2.99. The number of methoxy groups -OCH3 is 1. The topological polar surface area (TPSA) is 35.5 Å². The van der Waals surface area contributed by atoms with Crippen LogP contribution < -0.4 is 4.74 Å². The summed E-state index contributed by atoms with van der Waals surface area (Å²) >= 11 is 0. The second kappa shape index (κ2) is 6.37. The van der Waals surface area contributed by atoms with Crippen LogP contribution in [0.2, 0.25) is 0 Å². The van der Waals surface area contributed by atoms with Gasteiger partial charge in [-0.15, -0.1) is 0 Å². The molecule has 3 nitrogen and oxygen atoms in total. The van der Waals surface area contributed by atoms with Crippen LogP contribution in [-0.4, -0.2) is 19.2 Å². The zero-order valence-electron chi connectivity index (χ0n) is 17.8. The lowest BCUT2D eigenvalue weighted by Gasteiger charge is -2.42. The molecular weight excluding hydrogens is 348 g/mol. The first-order chi connectivity index (χ1) is 13.1. The fraction of sp³-hybridized carbons (Fsp3) is 0.480. The summed E-state index contributed by atoms with van der Waals surface area (Å²) in [7, 11) is 1.42. The first-order valence-electron chi connectivity index (χ1n) is 10.2. The molecule has 0 radical (unpaired) electrons. The molecule has 1 aliphatic heterocycles. The molecule has 4 rings (SSSR count). The Labute approximate surface area is 168 Å². The van der Waals surface area contributed by atoms with Crippen molar-refractivity contribution in [1.29, 1.82) is 0 Å². The van der Waals surface area contributed by atoms with Gasteiger partial charge in [0.2, 0.25) is 0 Å². The smallest absolute Gasteiger partial charge is 0.337 e. The van der Waals surface area contributed by atoms with Gasteiger partial charge in [-0.3, -0.25) is 0 Å². The van der Waals surface area contributed by atoms with Gasteiger partial charge in [-0.2, -0.15) is 0 Å². The lowest BCUT2D eigenvalue weighted by molar-refractivity contribution is 0.0600. The molecule has 2 aliphatic rings. The highest BCUT2D eigenvalue weighted by molar-refractivity contribution is 5.90. The van der Waals surface area contributed by atoms with Crippen molar-refractivity contribution < 1.29 is 14.3 Å². The summed E-state index contributed by atoms with van der Waals surface area (Å²) < 4.78 is 11.0. The van der Waals surface area contributed by atoms with Crippen LogP contribution in [0.5, 0.6) is 5.75 Å². The third-order valence-corrected chi connectivity index (χ3v) is 6.78. The molecule has 0 spiro atoms. The van der Waals surface area contributed by atoms with E-state index in [1.807, 2.05) is 12.1 Å². The minimum atomic E-state index is -0.311. The van der Waals surface area contributed by atoms with Gasteiger partial charge in [-0.25, -0.2) is 4.79 Å². The van der Waals surface area contributed by atoms with Gasteiger partial charge in [0.15, 0.2) is 0 Å². The van der Waals surface area contributed by atoms with Crippen LogP contribution in [0.25, 0.3) is 0 Å². The van der Waals surface area contributed by atoms with Gasteiger partial charge in [0.05, 0.1) is 12.7 Å². The normalized spacial score (nSPS) is 24.1. The third-order valence-electron chi connectivity index (χ3n) is 6.78. The number of hydrogen-bond donors (Lipinski definition) is 0. The summed E-state index contributed by atoms with van der Waals surface area (Å²) in [6.07, 6.45) is 2.43. The van der Waals surface area contributed by atoms with E-state index in [-0.39, 0.29) is 28.8 Å². The van der Waals surface area contributed by atoms with Crippen LogP contribution in [0.4, 0.5) is 0 Å². The number of fused-ring (bicyclic) bond motifs is 2. The van der Waals surface area contributed by atoms with E-state index in [1.54, 1.807) is 6.07 Å². The molecule has 0 saturated carbocycles. The molecular formula is C25H30O3. The van der Waals surface area contributed by atoms with Gasteiger partial charge in [-0.05, 0) is 65.5 Å². The maximum atomic E-state index is 12.0. The fourth-order valence-corrected chi connectivity index (χ4v) is 4.92. The van der Waals surface area contributed by atoms with Crippen molar-refractivity contribution in [3.63, 3.8) is 0 Å². The van der Waals surface area contributed by atoms with E-state index >= 15 is 0 Å². The maximum absolute atomic E-state index is 12.0. The van der Waals surface area contributed by atoms with E-state index in [2.05, 4.69) is 52.8 Å². The Balaban J connectivity index is 1.82. The van der Waals surface area contributed by atoms with Gasteiger partial charge in [0, 0.05) is 11.5 Å². The van der Waals surface area contributed by atoms with Crippen molar-refractivity contribution >= 4 is 5.97 Å². The molecule has 2 unspecified atom stereocenters. The van der Waals surface area contributed by atoms with Crippen molar-refractivity contribution in [2.24, 2.45) is 0 Å². The second-order valence-electron chi connectivity index (χ2n) is 9.62. The predicted molar refractivity (Wildman–Crippen MR) is 111 cm³/mol. The molecule has 148 valence electrons. The molecule has 1 aliphatic carbocycles. The summed E-state index contributed by atoms with van der Waals surface area (Å²) in [6, 6.07) is 12.6. The Hall–Kier alpha value is -2.29. The molecule has 28 heavy (non-hydrogen) atoms. The highest BCUT2D eigenvalue weighted by atomic mass is 16.5. The van der Waals surface area contributed by atoms with Crippen LogP contribution in [0.1, 0.15) is 86.0 Å². The van der Waals surface area contributed by atoms with E-state index in [0.29, 0.717) is 5.56 Å². The fourth-order valence-electron chi connectivity index (χ4n) is 4.92. The molecule has 1 heterocycles. The number of hydrogen-bond acceptors (Lipinski definition) is 3. The molecule has 3 heteroatoms. The molecule has 0 saturated heterocycles. The summed E-state index contributed by atoms with van der Waals surface area (Å²) in [5.74, 6) is 0.669. The Morgan fingerprint density at radius 2 is 1.68 bits per heavy atom. The minimum absolute atomic E-state index is 0.0284. The van der Waals surface area contributed by atoms with Crippen LogP contribution in [0.3, 0.4) is 0 Å². The Morgan fingerprint density at radius 3 is 2.36 bits per heavy atom. The number of rotatable bonds is 2. The van der Waals surface area contributed by atoms with Crippen LogP contribution in [-0.2, 0) is 15.6 Å². The van der Waals surface area contributed by atoms with Crippen molar-refractivity contribution in [2.45, 2.75) is 70.3 Å². The van der Waals surface area contributed by atoms with Crippen molar-refractivity contribution in [1.82, 2.24) is 0 Å². The van der Waals surface area contributed by atoms with Gasteiger partial charge >= 0.3 is 5.97 Å². The minimum Gasteiger partial charge on any atom is -0.489 e. The second-order valence-corrected chi connectivity index (χ2v) is 9.62. The quantitative estimate of drug-likeness (QED) is 0.626. The van der Waals surface area contributed by atoms with Crippen LogP contribution in [0, 0.1) is 0 Å². The van der Waals surface area contributed by atoms with E-state index in [0.717, 1.165) is 11.3 Å². The average molecular weight is 379 g/mol. The number of carbonyl (C=O) groups is 1. The monoisotopic (exact) mass is 378 g/mol. The summed E-state index contributed by atoms with van der Waals surface area (Å²) in [6.45, 7) is 11.5. The van der Waals surface area contributed by atoms with E-state index in [4.69, 9.17) is 9.47 Å². The van der Waals surface area contributed by atoms with Gasteiger partial charge in [0.1, 0.15) is 11.9 Å². The number of ether oxygens (including phenoxy) is 2. The molecule has 2 atom stereocenters. The lowest BCUT2D eigenvalue weighted by atomic mass is 9.62. The predicted octanol–water partition coefficient (Wildman–Crippen LogP) is 5.74. The highest BCUT2D eigenvalue weighted by Crippen LogP contribution is 2.49. The summed E-state index contributed by atoms with van der Waals surface area (Å²) in [4.78, 5) is 12.0. The van der Waals surface area contributed by atoms with Crippen molar-refractivity contribution in [3.05, 3.63) is 64.2 Å². The van der Waals surface area contributed by atoms with Crippen LogP contribution >= 0.6 is 0 Å². The third kappa shape index (κ3) is 2.92. The molecule has 2 aromatic rings. The standard InChI is InChI=1S/C25H30O3/c1-15-22(18-13-17(23(26)27-6)8-10-21(18)28-15)16-7-9-19-20(14-16)25(4,5)12-11-24(19,2)3/h7-10,13-15,22H,11-12H2,1-6H3. The SMILES string of the molecule is COC(=O)c1ccc2c(c1)C(c1ccc3c(c1)C(C)(C)CCC3(C)C)C(C)O2. The first kappa shape index (κ1) is 19.0. The zero-order chi connectivity index (χ0) is 20.3. The number of esters is 1.